The molecule has 9 aromatic rings. The van der Waals surface area contributed by atoms with E-state index in [-0.39, 0.29) is 111 Å². The lowest BCUT2D eigenvalue weighted by molar-refractivity contribution is -0.280. The summed E-state index contributed by atoms with van der Waals surface area (Å²) < 4.78 is 38.4. The normalized spacial score (nSPS) is 23.6. The molecule has 8 aromatic heterocycles. The molecule has 0 radical (unpaired) electrons. The van der Waals surface area contributed by atoms with E-state index in [4.69, 9.17) is 43.4 Å². The van der Waals surface area contributed by atoms with Gasteiger partial charge in [-0.05, 0) is 59.5 Å². The van der Waals surface area contributed by atoms with Crippen molar-refractivity contribution < 1.29 is 82.5 Å². The van der Waals surface area contributed by atoms with Crippen LogP contribution < -0.4 is 31.9 Å². The van der Waals surface area contributed by atoms with Crippen LogP contribution >= 0.6 is 56.7 Å². The maximum atomic E-state index is 15.2. The molecule has 0 aliphatic carbocycles. The van der Waals surface area contributed by atoms with E-state index in [9.17, 15) is 34.9 Å². The minimum atomic E-state index is -1.91. The van der Waals surface area contributed by atoms with E-state index in [1.807, 2.05) is 0 Å². The van der Waals surface area contributed by atoms with Crippen LogP contribution in [0.25, 0.3) is 49.3 Å². The predicted octanol–water partition coefficient (Wildman–Crippen LogP) is 4.93. The average molecular weight is 1490 g/mol. The number of rotatable bonds is 11. The molecule has 102 heavy (non-hydrogen) atoms. The second-order valence-electron chi connectivity index (χ2n) is 24.6. The predicted molar refractivity (Wildman–Crippen MR) is 367 cm³/mol. The number of pyridine rings is 1. The van der Waals surface area contributed by atoms with Gasteiger partial charge in [-0.1, -0.05) is 12.1 Å². The second kappa shape index (κ2) is 29.3. The summed E-state index contributed by atoms with van der Waals surface area (Å²) >= 11 is 4.82. The van der Waals surface area contributed by atoms with E-state index in [0.717, 1.165) is 62.4 Å². The molecule has 534 valence electrons. The maximum absolute atomic E-state index is 15.2. The number of allylic oxidation sites excluding steroid dienone is 1. The number of methoxy groups -OCH3 is 1. The Morgan fingerprint density at radius 1 is 0.853 bits per heavy atom. The SMILES string of the molecule is CO/C(C)=C1/NC(=O)[C@H]([C@@H](C)O)NC(=O)c2csc(n2)-c2cc(O)c(-c3nc(CNC(=O)NCCc4cnc[nH]4)cs3)nc2-c2csc(n2)[C@@H]2COC(=O)c3c4c5c(cccc5n3O)COC(=O)[C@@H](O[C@H]3C[C@](C)(O)[C@H](N(C)C)[C@H](C)O3)[C@@H](OC4)[C@H](NC(=O)c3csc1n3)c1nc(cs1)C(=O)N2. The number of urea groups is 1. The number of aromatic amines is 1. The number of fused-ring (bicyclic) bond motifs is 15. The van der Waals surface area contributed by atoms with Gasteiger partial charge in [-0.2, -0.15) is 4.73 Å². The van der Waals surface area contributed by atoms with Gasteiger partial charge < -0.3 is 90.7 Å². The molecule has 1 aromatic carbocycles. The number of aromatic hydroxyl groups is 1. The number of nitrogens with zero attached hydrogens (tertiary/aromatic N) is 9. The molecule has 4 aliphatic rings. The van der Waals surface area contributed by atoms with Crippen molar-refractivity contribution in [2.45, 2.75) is 121 Å². The lowest BCUT2D eigenvalue weighted by Crippen LogP contribution is -2.62. The summed E-state index contributed by atoms with van der Waals surface area (Å²) in [5.74, 6) is -6.14. The number of aliphatic hydroxyl groups excluding tert-OH is 1. The average Bonchev–Trinajstić information content (AvgIpc) is 1.58. The first-order valence-electron chi connectivity index (χ1n) is 31.6. The molecule has 0 unspecified atom stereocenters. The molecule has 33 nitrogen and oxygen atoms in total. The van der Waals surface area contributed by atoms with Crippen molar-refractivity contribution in [2.75, 3.05) is 34.4 Å². The fourth-order valence-electron chi connectivity index (χ4n) is 12.4. The van der Waals surface area contributed by atoms with Crippen LogP contribution in [-0.2, 0) is 64.2 Å². The Bertz CT molecular complexity index is 4750. The Hall–Kier alpha value is -9.74. The molecule has 10 atom stereocenters. The van der Waals surface area contributed by atoms with Crippen LogP contribution in [0.4, 0.5) is 4.79 Å². The molecule has 4 aliphatic heterocycles. The van der Waals surface area contributed by atoms with Crippen molar-refractivity contribution in [1.29, 1.82) is 0 Å². The van der Waals surface area contributed by atoms with Crippen molar-refractivity contribution in [2.24, 2.45) is 0 Å². The largest absolute Gasteiger partial charge is 0.506 e. The number of esters is 2. The van der Waals surface area contributed by atoms with Crippen molar-refractivity contribution in [3.8, 4) is 38.4 Å². The molecule has 12 bridgehead atoms. The maximum Gasteiger partial charge on any atom is 0.358 e. The molecular weight excluding hydrogens is 1430 g/mol. The highest BCUT2D eigenvalue weighted by Gasteiger charge is 2.50. The van der Waals surface area contributed by atoms with Crippen LogP contribution in [0.5, 0.6) is 5.75 Å². The van der Waals surface area contributed by atoms with Crippen LogP contribution in [-0.4, -0.2) is 194 Å². The number of hydrogen-bond donors (Lipinski definition) is 11. The number of ether oxygens (including phenoxy) is 6. The summed E-state index contributed by atoms with van der Waals surface area (Å²) in [4.78, 5) is 139. The summed E-state index contributed by atoms with van der Waals surface area (Å²) in [7, 11) is 4.87. The van der Waals surface area contributed by atoms with E-state index in [1.165, 1.54) is 49.2 Å². The van der Waals surface area contributed by atoms with Crippen LogP contribution in [0, 0.1) is 0 Å². The first-order valence-corrected chi connectivity index (χ1v) is 36.0. The highest BCUT2D eigenvalue weighted by atomic mass is 32.1. The monoisotopic (exact) mass is 1490 g/mol. The van der Waals surface area contributed by atoms with Gasteiger partial charge in [-0.25, -0.2) is 49.3 Å². The molecule has 1 saturated heterocycles. The van der Waals surface area contributed by atoms with Gasteiger partial charge in [0.05, 0.1) is 61.7 Å². The number of aromatic nitrogens is 9. The third-order valence-electron chi connectivity index (χ3n) is 17.2. The Morgan fingerprint density at radius 2 is 1.56 bits per heavy atom. The minimum Gasteiger partial charge on any atom is -0.506 e. The van der Waals surface area contributed by atoms with E-state index < -0.39 is 128 Å². The minimum absolute atomic E-state index is 0.00319. The van der Waals surface area contributed by atoms with Gasteiger partial charge in [-0.3, -0.25) is 19.2 Å². The quantitative estimate of drug-likeness (QED) is 0.0464. The summed E-state index contributed by atoms with van der Waals surface area (Å²) in [6.45, 7) is 4.66. The molecular formula is C64H66N16O17S5. The van der Waals surface area contributed by atoms with Crippen molar-refractivity contribution >= 4 is 115 Å². The number of carbonyl (C=O) groups is 7. The number of imidazole rings is 1. The summed E-state index contributed by atoms with van der Waals surface area (Å²) in [5.41, 5.74) is -0.827. The number of amides is 6. The highest BCUT2D eigenvalue weighted by Crippen LogP contribution is 2.43. The van der Waals surface area contributed by atoms with Crippen LogP contribution in [0.1, 0.15) is 126 Å². The number of carbonyl (C=O) groups excluding carboxylic acids is 7. The smallest absolute Gasteiger partial charge is 0.358 e. The lowest BCUT2D eigenvalue weighted by Gasteiger charge is -2.48. The Kier molecular flexibility index (Phi) is 20.3. The molecule has 0 spiro atoms. The number of nitrogens with one attached hydrogen (secondary N) is 7. The van der Waals surface area contributed by atoms with Crippen LogP contribution in [0.3, 0.4) is 0 Å². The molecule has 11 N–H and O–H groups in total. The van der Waals surface area contributed by atoms with Gasteiger partial charge in [0.1, 0.15) is 114 Å². The van der Waals surface area contributed by atoms with Crippen molar-refractivity contribution in [3.05, 3.63) is 130 Å². The third-order valence-corrected chi connectivity index (χ3v) is 21.8. The fraction of sp³-hybridized carbons (Fsp3) is 0.375. The number of benzene rings is 1. The van der Waals surface area contributed by atoms with Crippen LogP contribution in [0.2, 0.25) is 0 Å². The van der Waals surface area contributed by atoms with Gasteiger partial charge >= 0.3 is 18.0 Å². The van der Waals surface area contributed by atoms with Crippen molar-refractivity contribution in [3.63, 3.8) is 0 Å². The molecule has 0 saturated carbocycles. The topological polar surface area (TPSA) is 442 Å². The van der Waals surface area contributed by atoms with Gasteiger partial charge in [0.15, 0.2) is 18.1 Å². The Morgan fingerprint density at radius 3 is 2.30 bits per heavy atom. The first kappa shape index (κ1) is 70.7. The van der Waals surface area contributed by atoms with Crippen molar-refractivity contribution in [1.82, 2.24) is 81.4 Å². The number of thiazole rings is 5. The molecule has 6 amide bonds. The summed E-state index contributed by atoms with van der Waals surface area (Å²) in [5, 5.41) is 71.9. The highest BCUT2D eigenvalue weighted by molar-refractivity contribution is 7.14. The van der Waals surface area contributed by atoms with Gasteiger partial charge in [0, 0.05) is 74.7 Å². The second-order valence-corrected chi connectivity index (χ2v) is 28.9. The van der Waals surface area contributed by atoms with E-state index >= 15 is 19.2 Å². The number of aliphatic hydroxyl groups is 2. The zero-order valence-corrected chi connectivity index (χ0v) is 59.2. The fourth-order valence-corrected chi connectivity index (χ4v) is 16.6. The van der Waals surface area contributed by atoms with Gasteiger partial charge in [0.25, 0.3) is 17.7 Å². The Labute approximate surface area is 598 Å². The van der Waals surface area contributed by atoms with E-state index in [0.29, 0.717) is 29.0 Å². The van der Waals surface area contributed by atoms with E-state index in [1.54, 1.807) is 68.3 Å². The number of hydrogen-bond acceptors (Lipinski definition) is 30. The molecule has 13 rings (SSSR count). The third kappa shape index (κ3) is 14.4. The van der Waals surface area contributed by atoms with Gasteiger partial charge in [-0.15, -0.1) is 56.7 Å². The molecule has 12 heterocycles. The lowest BCUT2D eigenvalue weighted by atomic mass is 9.85. The standard InChI is InChI=1S/C64H66N16O17S5/c1-26(81)43-55(86)77-44(27(2)92-7)58-73-38(24-101-58)54(85)78-47-49-50(97-41-14-64(4,90)51(79(5)6)28(3)96-41)62(88)94-17-29-9-8-10-39-42(29)33(18-93-49)48(80(39)91)61(87)95-19-34(70-52(83)36-23-102-60(47)74-36)57-71-35(21-100-57)45-32(56-72-37(22-99-56)53(84)76-43)13-40(82)46(75-45)59-69-31(20-98-59)16-67-63(89)66-12-11-30-15-65-25-68-30/h8-10,13,15,20-26,28,34,41,43,47,49-51,81-82,90-91H,11-12,14,16-19H2,1-7H3,(H,65,68)(H,70,83)(H,76,84)(H,77,86)(H,78,85)(H2,66,67,89)/b44-27+/t26-,28+,34+,41+,43+,47+,49+,50+,51-,64+/m1/s1. The van der Waals surface area contributed by atoms with Crippen LogP contribution in [0.15, 0.2) is 69.4 Å². The molecule has 1 fully saturated rings. The Balaban J connectivity index is 0.949. The number of cyclic esters (lactones) is 2. The summed E-state index contributed by atoms with van der Waals surface area (Å²) in [6, 6.07) is 0.401. The number of likely N-dealkylation sites (N-methyl/N-ethyl adjacent to an activating group) is 1. The first-order chi connectivity index (χ1) is 48.9. The van der Waals surface area contributed by atoms with E-state index in [2.05, 4.69) is 56.8 Å². The zero-order chi connectivity index (χ0) is 72.0. The van der Waals surface area contributed by atoms with Gasteiger partial charge in [0.2, 0.25) is 5.91 Å². The zero-order valence-electron chi connectivity index (χ0n) is 55.2. The summed E-state index contributed by atoms with van der Waals surface area (Å²) in [6.07, 6.45) is -3.77. The number of H-pyrrole nitrogens is 1. The molecule has 38 heteroatoms.